The van der Waals surface area contributed by atoms with E-state index in [0.717, 1.165) is 5.57 Å². The second kappa shape index (κ2) is 11.8. The molecule has 0 aliphatic carbocycles. The molecule has 0 spiro atoms. The molecule has 0 radical (unpaired) electrons. The molecule has 9 nitrogen and oxygen atoms in total. The Morgan fingerprint density at radius 2 is 1.90 bits per heavy atom. The van der Waals surface area contributed by atoms with Crippen LogP contribution in [-0.2, 0) is 23.5 Å². The van der Waals surface area contributed by atoms with Gasteiger partial charge in [-0.2, -0.15) is 0 Å². The molecular formula is C28H42FN3O6Si. The fraction of sp³-hybridized carbons (Fsp3) is 0.607. The molecule has 0 saturated carbocycles. The summed E-state index contributed by atoms with van der Waals surface area (Å²) in [6.45, 7) is 17.2. The van der Waals surface area contributed by atoms with E-state index in [0.29, 0.717) is 31.1 Å². The van der Waals surface area contributed by atoms with Gasteiger partial charge in [0, 0.05) is 25.6 Å². The molecule has 2 aliphatic heterocycles. The van der Waals surface area contributed by atoms with Crippen molar-refractivity contribution in [3.8, 4) is 0 Å². The quantitative estimate of drug-likeness (QED) is 0.326. The van der Waals surface area contributed by atoms with Crippen molar-refractivity contribution in [3.05, 3.63) is 35.7 Å². The zero-order valence-electron chi connectivity index (χ0n) is 24.4. The SMILES string of the molecule is CC(=O)NC[C@H]1CN(c2ccc(C3=CCN(CO[Si](C)(C)C(C)(C)CC(=O)OC(C)(C)C)C3)c(F)c2)C(=O)O1. The van der Waals surface area contributed by atoms with Crippen LogP contribution in [0.5, 0.6) is 0 Å². The van der Waals surface area contributed by atoms with Crippen LogP contribution >= 0.6 is 0 Å². The van der Waals surface area contributed by atoms with Gasteiger partial charge in [0.15, 0.2) is 8.32 Å². The van der Waals surface area contributed by atoms with Gasteiger partial charge in [-0.1, -0.05) is 19.9 Å². The Morgan fingerprint density at radius 3 is 2.51 bits per heavy atom. The minimum Gasteiger partial charge on any atom is -0.460 e. The minimum atomic E-state index is -2.31. The van der Waals surface area contributed by atoms with Gasteiger partial charge in [0.05, 0.1) is 31.9 Å². The van der Waals surface area contributed by atoms with Crippen LogP contribution in [0.4, 0.5) is 14.9 Å². The molecule has 0 aromatic heterocycles. The Balaban J connectivity index is 1.56. The van der Waals surface area contributed by atoms with Crippen LogP contribution in [0, 0.1) is 5.82 Å². The van der Waals surface area contributed by atoms with Crippen molar-refractivity contribution < 1.29 is 32.7 Å². The molecule has 1 N–H and O–H groups in total. The van der Waals surface area contributed by atoms with Crippen LogP contribution in [0.15, 0.2) is 24.3 Å². The van der Waals surface area contributed by atoms with E-state index in [2.05, 4.69) is 23.3 Å². The summed E-state index contributed by atoms with van der Waals surface area (Å²) >= 11 is 0. The van der Waals surface area contributed by atoms with Crippen LogP contribution in [0.25, 0.3) is 5.57 Å². The van der Waals surface area contributed by atoms with Gasteiger partial charge in [-0.15, -0.1) is 0 Å². The Hall–Kier alpha value is -2.76. The molecule has 1 fully saturated rings. The molecule has 1 aromatic rings. The second-order valence-electron chi connectivity index (χ2n) is 12.4. The van der Waals surface area contributed by atoms with E-state index in [-0.39, 0.29) is 36.4 Å². The zero-order valence-corrected chi connectivity index (χ0v) is 25.4. The summed E-state index contributed by atoms with van der Waals surface area (Å²) in [5, 5.41) is 2.29. The molecule has 2 amide bonds. The lowest BCUT2D eigenvalue weighted by Crippen LogP contribution is -2.46. The molecule has 1 atom stereocenters. The van der Waals surface area contributed by atoms with Crippen molar-refractivity contribution >= 4 is 37.5 Å². The number of amides is 2. The van der Waals surface area contributed by atoms with Crippen molar-refractivity contribution in [1.29, 1.82) is 0 Å². The monoisotopic (exact) mass is 563 g/mol. The van der Waals surface area contributed by atoms with Gasteiger partial charge in [0.2, 0.25) is 5.91 Å². The fourth-order valence-corrected chi connectivity index (χ4v) is 5.80. The predicted octanol–water partition coefficient (Wildman–Crippen LogP) is 4.68. The summed E-state index contributed by atoms with van der Waals surface area (Å²) in [5.41, 5.74) is 1.21. The highest BCUT2D eigenvalue weighted by atomic mass is 28.4. The van der Waals surface area contributed by atoms with Crippen LogP contribution in [0.1, 0.15) is 53.5 Å². The average molecular weight is 564 g/mol. The number of benzene rings is 1. The fourth-order valence-electron chi connectivity index (χ4n) is 4.33. The number of carbonyl (C=O) groups is 3. The number of cyclic esters (lactones) is 1. The van der Waals surface area contributed by atoms with Crippen molar-refractivity contribution in [1.82, 2.24) is 10.2 Å². The van der Waals surface area contributed by atoms with E-state index in [1.54, 1.807) is 12.1 Å². The van der Waals surface area contributed by atoms with Crippen LogP contribution in [-0.4, -0.2) is 75.8 Å². The second-order valence-corrected chi connectivity index (χ2v) is 17.1. The molecule has 216 valence electrons. The normalized spacial score (nSPS) is 18.7. The number of hydrogen-bond donors (Lipinski definition) is 1. The molecule has 0 bridgehead atoms. The van der Waals surface area contributed by atoms with Gasteiger partial charge in [0.1, 0.15) is 17.5 Å². The maximum absolute atomic E-state index is 15.2. The first-order valence-corrected chi connectivity index (χ1v) is 16.2. The number of anilines is 1. The van der Waals surface area contributed by atoms with Crippen molar-refractivity contribution in [2.24, 2.45) is 0 Å². The maximum atomic E-state index is 15.2. The number of halogens is 1. The predicted molar refractivity (Wildman–Crippen MR) is 150 cm³/mol. The zero-order chi connectivity index (χ0) is 29.2. The van der Waals surface area contributed by atoms with E-state index < -0.39 is 31.9 Å². The van der Waals surface area contributed by atoms with Gasteiger partial charge in [-0.3, -0.25) is 19.4 Å². The van der Waals surface area contributed by atoms with Gasteiger partial charge < -0.3 is 19.2 Å². The van der Waals surface area contributed by atoms with Crippen LogP contribution in [0.2, 0.25) is 18.1 Å². The highest BCUT2D eigenvalue weighted by Gasteiger charge is 2.44. The van der Waals surface area contributed by atoms with Gasteiger partial charge in [-0.05, 0) is 62.7 Å². The summed E-state index contributed by atoms with van der Waals surface area (Å²) in [6, 6.07) is 4.72. The van der Waals surface area contributed by atoms with E-state index in [1.165, 1.54) is 17.9 Å². The van der Waals surface area contributed by atoms with E-state index >= 15 is 4.39 Å². The molecular weight excluding hydrogens is 521 g/mol. The standard InChI is InChI=1S/C28H42FN3O6Si/c1-19(33)30-15-22-17-32(26(35)37-22)21-9-10-23(24(29)13-21)20-11-12-31(16-20)18-36-39(7,8)28(5,6)14-25(34)38-27(2,3)4/h9-11,13,22H,12,14-18H2,1-8H3,(H,30,33)/t22-/m0/s1. The lowest BCUT2D eigenvalue weighted by molar-refractivity contribution is -0.155. The molecule has 3 rings (SSSR count). The first kappa shape index (κ1) is 30.8. The van der Waals surface area contributed by atoms with Gasteiger partial charge >= 0.3 is 12.1 Å². The van der Waals surface area contributed by atoms with Gasteiger partial charge in [0.25, 0.3) is 0 Å². The summed E-state index contributed by atoms with van der Waals surface area (Å²) in [5.74, 6) is -0.862. The lowest BCUT2D eigenvalue weighted by Gasteiger charge is -2.40. The summed E-state index contributed by atoms with van der Waals surface area (Å²) in [6.07, 6.45) is 1.21. The third-order valence-electron chi connectivity index (χ3n) is 7.30. The smallest absolute Gasteiger partial charge is 0.414 e. The maximum Gasteiger partial charge on any atom is 0.414 e. The Labute approximate surface area is 231 Å². The van der Waals surface area contributed by atoms with E-state index in [1.807, 2.05) is 40.7 Å². The largest absolute Gasteiger partial charge is 0.460 e. The number of hydrogen-bond acceptors (Lipinski definition) is 7. The first-order chi connectivity index (χ1) is 18.0. The molecule has 2 heterocycles. The molecule has 39 heavy (non-hydrogen) atoms. The summed E-state index contributed by atoms with van der Waals surface area (Å²) < 4.78 is 32.4. The summed E-state index contributed by atoms with van der Waals surface area (Å²) in [4.78, 5) is 39.3. The van der Waals surface area contributed by atoms with Crippen molar-refractivity contribution in [2.75, 3.05) is 37.8 Å². The highest BCUT2D eigenvalue weighted by Crippen LogP contribution is 2.42. The molecule has 0 unspecified atom stereocenters. The van der Waals surface area contributed by atoms with Crippen LogP contribution < -0.4 is 10.2 Å². The molecule has 1 saturated heterocycles. The van der Waals surface area contributed by atoms with Crippen molar-refractivity contribution in [2.45, 2.75) is 77.8 Å². The van der Waals surface area contributed by atoms with E-state index in [9.17, 15) is 14.4 Å². The Morgan fingerprint density at radius 1 is 1.21 bits per heavy atom. The number of nitrogens with zero attached hydrogens (tertiary/aromatic N) is 2. The third kappa shape index (κ3) is 8.12. The number of esters is 1. The first-order valence-electron chi connectivity index (χ1n) is 13.3. The van der Waals surface area contributed by atoms with Gasteiger partial charge in [-0.25, -0.2) is 9.18 Å². The van der Waals surface area contributed by atoms with Crippen molar-refractivity contribution in [3.63, 3.8) is 0 Å². The molecule has 1 aromatic carbocycles. The number of ether oxygens (including phenoxy) is 2. The molecule has 2 aliphatic rings. The number of rotatable bonds is 10. The molecule has 11 heteroatoms. The number of carbonyl (C=O) groups excluding carboxylic acids is 3. The Bertz CT molecular complexity index is 1130. The third-order valence-corrected chi connectivity index (χ3v) is 11.6. The number of nitrogens with one attached hydrogen (secondary N) is 1. The summed E-state index contributed by atoms with van der Waals surface area (Å²) in [7, 11) is -2.31. The van der Waals surface area contributed by atoms with E-state index in [4.69, 9.17) is 13.9 Å². The minimum absolute atomic E-state index is 0.209. The topological polar surface area (TPSA) is 97.4 Å². The Kier molecular flexibility index (Phi) is 9.29. The average Bonchev–Trinajstić information content (AvgIpc) is 3.41. The lowest BCUT2D eigenvalue weighted by atomic mass is 10.1. The van der Waals surface area contributed by atoms with Crippen LogP contribution in [0.3, 0.4) is 0 Å². The highest BCUT2D eigenvalue weighted by molar-refractivity contribution is 6.74.